The van der Waals surface area contributed by atoms with E-state index < -0.39 is 17.5 Å². The van der Waals surface area contributed by atoms with Crippen molar-refractivity contribution < 1.29 is 29.6 Å². The highest BCUT2D eigenvalue weighted by Gasteiger charge is 2.20. The summed E-state index contributed by atoms with van der Waals surface area (Å²) in [5.41, 5.74) is -0.177. The van der Waals surface area contributed by atoms with Crippen molar-refractivity contribution in [2.45, 2.75) is 13.2 Å². The summed E-state index contributed by atoms with van der Waals surface area (Å²) in [6.07, 6.45) is -1.27. The lowest BCUT2D eigenvalue weighted by Crippen LogP contribution is -2.17. The molecule has 0 radical (unpaired) electrons. The van der Waals surface area contributed by atoms with E-state index >= 15 is 0 Å². The standard InChI is InChI=1S/C17H14O7/c1-8(18)23-17-15(22)11-4-3-10(19)7-14(11)24-16(17)9-2-5-12(20)13(21)6-9/h2-8,18-21H,1H3. The van der Waals surface area contributed by atoms with E-state index in [4.69, 9.17) is 9.15 Å². The molecule has 0 spiro atoms. The van der Waals surface area contributed by atoms with E-state index in [0.717, 1.165) is 0 Å². The highest BCUT2D eigenvalue weighted by Crippen LogP contribution is 2.36. The van der Waals surface area contributed by atoms with Crippen LogP contribution in [0.15, 0.2) is 45.6 Å². The molecular formula is C17H14O7. The van der Waals surface area contributed by atoms with Gasteiger partial charge in [-0.05, 0) is 37.3 Å². The van der Waals surface area contributed by atoms with Crippen LogP contribution in [-0.2, 0) is 0 Å². The molecule has 7 heteroatoms. The molecule has 1 unspecified atom stereocenters. The van der Waals surface area contributed by atoms with Gasteiger partial charge >= 0.3 is 0 Å². The second-order valence-electron chi connectivity index (χ2n) is 5.19. The van der Waals surface area contributed by atoms with Gasteiger partial charge in [0, 0.05) is 11.6 Å². The average molecular weight is 330 g/mol. The summed E-state index contributed by atoms with van der Waals surface area (Å²) in [4.78, 5) is 12.6. The van der Waals surface area contributed by atoms with E-state index in [1.54, 1.807) is 0 Å². The molecule has 24 heavy (non-hydrogen) atoms. The van der Waals surface area contributed by atoms with E-state index in [9.17, 15) is 25.2 Å². The number of aromatic hydroxyl groups is 3. The van der Waals surface area contributed by atoms with Crippen molar-refractivity contribution in [3.05, 3.63) is 46.6 Å². The van der Waals surface area contributed by atoms with Crippen molar-refractivity contribution in [2.75, 3.05) is 0 Å². The Balaban J connectivity index is 2.34. The molecule has 0 fully saturated rings. The van der Waals surface area contributed by atoms with Crippen molar-refractivity contribution in [1.82, 2.24) is 0 Å². The van der Waals surface area contributed by atoms with Crippen LogP contribution < -0.4 is 10.2 Å². The molecule has 7 nitrogen and oxygen atoms in total. The number of rotatable bonds is 3. The van der Waals surface area contributed by atoms with Gasteiger partial charge in [0.15, 0.2) is 23.5 Å². The van der Waals surface area contributed by atoms with Crippen LogP contribution in [0, 0.1) is 0 Å². The van der Waals surface area contributed by atoms with Crippen LogP contribution in [0.2, 0.25) is 0 Å². The lowest BCUT2D eigenvalue weighted by atomic mass is 10.1. The Morgan fingerprint density at radius 3 is 2.46 bits per heavy atom. The third-order valence-corrected chi connectivity index (χ3v) is 3.36. The summed E-state index contributed by atoms with van der Waals surface area (Å²) >= 11 is 0. The average Bonchev–Trinajstić information content (AvgIpc) is 2.52. The summed E-state index contributed by atoms with van der Waals surface area (Å²) < 4.78 is 10.8. The first kappa shape index (κ1) is 15.7. The Labute approximate surface area is 135 Å². The fraction of sp³-hybridized carbons (Fsp3) is 0.118. The molecule has 1 atom stereocenters. The first-order valence-electron chi connectivity index (χ1n) is 7.03. The highest BCUT2D eigenvalue weighted by atomic mass is 16.6. The number of fused-ring (bicyclic) bond motifs is 1. The van der Waals surface area contributed by atoms with Gasteiger partial charge in [-0.3, -0.25) is 4.79 Å². The van der Waals surface area contributed by atoms with Crippen LogP contribution in [0.5, 0.6) is 23.0 Å². The van der Waals surface area contributed by atoms with E-state index in [2.05, 4.69) is 0 Å². The normalized spacial score (nSPS) is 12.2. The second-order valence-corrected chi connectivity index (χ2v) is 5.19. The Bertz CT molecular complexity index is 973. The van der Waals surface area contributed by atoms with Crippen LogP contribution in [-0.4, -0.2) is 26.7 Å². The first-order chi connectivity index (χ1) is 11.4. The molecule has 1 aromatic heterocycles. The molecule has 0 saturated heterocycles. The van der Waals surface area contributed by atoms with Gasteiger partial charge in [-0.25, -0.2) is 0 Å². The zero-order valence-electron chi connectivity index (χ0n) is 12.6. The van der Waals surface area contributed by atoms with Gasteiger partial charge in [-0.15, -0.1) is 0 Å². The minimum absolute atomic E-state index is 0.0469. The Hall–Kier alpha value is -3.19. The first-order valence-corrected chi connectivity index (χ1v) is 7.03. The molecule has 0 saturated carbocycles. The maximum atomic E-state index is 12.6. The maximum absolute atomic E-state index is 12.6. The third kappa shape index (κ3) is 2.72. The van der Waals surface area contributed by atoms with Gasteiger partial charge < -0.3 is 29.6 Å². The predicted octanol–water partition coefficient (Wildman–Crippen LogP) is 2.29. The van der Waals surface area contributed by atoms with Crippen molar-refractivity contribution >= 4 is 11.0 Å². The van der Waals surface area contributed by atoms with Gasteiger partial charge in [0.05, 0.1) is 5.39 Å². The zero-order valence-corrected chi connectivity index (χ0v) is 12.6. The van der Waals surface area contributed by atoms with Crippen LogP contribution in [0.4, 0.5) is 0 Å². The fourth-order valence-electron chi connectivity index (χ4n) is 2.30. The summed E-state index contributed by atoms with van der Waals surface area (Å²) in [6, 6.07) is 7.81. The number of aliphatic hydroxyl groups is 1. The van der Waals surface area contributed by atoms with E-state index in [1.165, 1.54) is 43.3 Å². The molecule has 4 N–H and O–H groups in total. The van der Waals surface area contributed by atoms with Crippen LogP contribution in [0.3, 0.4) is 0 Å². The number of ether oxygens (including phenoxy) is 1. The molecule has 3 aromatic rings. The molecule has 0 aliphatic rings. The molecule has 0 aliphatic carbocycles. The molecule has 0 bridgehead atoms. The van der Waals surface area contributed by atoms with Gasteiger partial charge in [-0.2, -0.15) is 0 Å². The van der Waals surface area contributed by atoms with Crippen LogP contribution in [0.1, 0.15) is 6.92 Å². The minimum atomic E-state index is -1.27. The van der Waals surface area contributed by atoms with Gasteiger partial charge in [0.25, 0.3) is 0 Å². The SMILES string of the molecule is CC(O)Oc1c(-c2ccc(O)c(O)c2)oc2cc(O)ccc2c1=O. The van der Waals surface area contributed by atoms with Crippen molar-refractivity contribution in [3.8, 4) is 34.3 Å². The number of phenolic OH excluding ortho intramolecular Hbond substituents is 3. The van der Waals surface area contributed by atoms with Crippen LogP contribution >= 0.6 is 0 Å². The van der Waals surface area contributed by atoms with Gasteiger partial charge in [-0.1, -0.05) is 0 Å². The molecule has 124 valence electrons. The summed E-state index contributed by atoms with van der Waals surface area (Å²) in [6.45, 7) is 1.33. The third-order valence-electron chi connectivity index (χ3n) is 3.36. The lowest BCUT2D eigenvalue weighted by Gasteiger charge is -2.13. The van der Waals surface area contributed by atoms with Gasteiger partial charge in [0.2, 0.25) is 11.2 Å². The van der Waals surface area contributed by atoms with Crippen LogP contribution in [0.25, 0.3) is 22.3 Å². The minimum Gasteiger partial charge on any atom is -0.508 e. The van der Waals surface area contributed by atoms with E-state index in [-0.39, 0.29) is 39.5 Å². The second kappa shape index (κ2) is 5.78. The Morgan fingerprint density at radius 2 is 1.79 bits per heavy atom. The van der Waals surface area contributed by atoms with E-state index in [1.807, 2.05) is 0 Å². The zero-order chi connectivity index (χ0) is 17.4. The summed E-state index contributed by atoms with van der Waals surface area (Å²) in [5.74, 6) is -1.12. The largest absolute Gasteiger partial charge is 0.508 e. The molecule has 0 aliphatic heterocycles. The Morgan fingerprint density at radius 1 is 1.04 bits per heavy atom. The highest BCUT2D eigenvalue weighted by molar-refractivity contribution is 5.83. The molecule has 1 heterocycles. The maximum Gasteiger partial charge on any atom is 0.235 e. The van der Waals surface area contributed by atoms with Crippen molar-refractivity contribution in [3.63, 3.8) is 0 Å². The number of aliphatic hydroxyl groups excluding tert-OH is 1. The van der Waals surface area contributed by atoms with E-state index in [0.29, 0.717) is 0 Å². The van der Waals surface area contributed by atoms with Crippen molar-refractivity contribution in [2.24, 2.45) is 0 Å². The topological polar surface area (TPSA) is 120 Å². The number of hydrogen-bond donors (Lipinski definition) is 4. The fourth-order valence-corrected chi connectivity index (χ4v) is 2.30. The predicted molar refractivity (Wildman–Crippen MR) is 85.2 cm³/mol. The number of hydrogen-bond acceptors (Lipinski definition) is 7. The molecule has 2 aromatic carbocycles. The molecular weight excluding hydrogens is 316 g/mol. The number of phenols is 3. The van der Waals surface area contributed by atoms with Gasteiger partial charge in [0.1, 0.15) is 11.3 Å². The molecule has 0 amide bonds. The number of benzene rings is 2. The Kier molecular flexibility index (Phi) is 3.78. The molecule has 3 rings (SSSR count). The van der Waals surface area contributed by atoms with Crippen molar-refractivity contribution in [1.29, 1.82) is 0 Å². The monoisotopic (exact) mass is 330 g/mol. The smallest absolute Gasteiger partial charge is 0.235 e. The quantitative estimate of drug-likeness (QED) is 0.429. The lowest BCUT2D eigenvalue weighted by molar-refractivity contribution is -0.00160. The summed E-state index contributed by atoms with van der Waals surface area (Å²) in [7, 11) is 0. The summed E-state index contributed by atoms with van der Waals surface area (Å²) in [5, 5.41) is 38.3.